The topological polar surface area (TPSA) is 26.3 Å². The van der Waals surface area contributed by atoms with Crippen LogP contribution in [-0.2, 0) is 9.53 Å². The standard InChI is InChI=1S/C23H24O2/c1-25-23(24)22-20(18-10-6-3-7-11-18)21(22)19-14-12-17(13-15-19)16-8-4-2-5-9-16/h3,6-8,10-15,20-22H,2,4-5,9H2,1H3/t20-,21-,22-/m1/s1. The normalized spacial score (nSPS) is 25.2. The third kappa shape index (κ3) is 3.13. The van der Waals surface area contributed by atoms with Crippen molar-refractivity contribution in [2.75, 3.05) is 7.11 Å². The molecule has 0 amide bonds. The Hall–Kier alpha value is -2.35. The fourth-order valence-corrected chi connectivity index (χ4v) is 4.26. The summed E-state index contributed by atoms with van der Waals surface area (Å²) in [7, 11) is 1.48. The van der Waals surface area contributed by atoms with Gasteiger partial charge in [0.05, 0.1) is 13.0 Å². The predicted octanol–water partition coefficient (Wildman–Crippen LogP) is 5.31. The molecule has 1 saturated carbocycles. The van der Waals surface area contributed by atoms with Crippen LogP contribution in [0.4, 0.5) is 0 Å². The van der Waals surface area contributed by atoms with E-state index in [2.05, 4.69) is 42.5 Å². The van der Waals surface area contributed by atoms with E-state index >= 15 is 0 Å². The second-order valence-electron chi connectivity index (χ2n) is 7.11. The zero-order chi connectivity index (χ0) is 17.2. The molecular weight excluding hydrogens is 308 g/mol. The average molecular weight is 332 g/mol. The summed E-state index contributed by atoms with van der Waals surface area (Å²) in [6.45, 7) is 0. The summed E-state index contributed by atoms with van der Waals surface area (Å²) < 4.78 is 5.05. The summed E-state index contributed by atoms with van der Waals surface area (Å²) >= 11 is 0. The molecule has 0 bridgehead atoms. The molecule has 2 aromatic rings. The van der Waals surface area contributed by atoms with E-state index < -0.39 is 0 Å². The SMILES string of the molecule is COC(=O)[C@@H]1[C@H](c2ccccc2)[C@H]1c1ccc(C2=CCCCC2)cc1. The molecule has 2 heteroatoms. The molecule has 0 N–H and O–H groups in total. The highest BCUT2D eigenvalue weighted by Gasteiger charge is 2.56. The molecule has 0 heterocycles. The van der Waals surface area contributed by atoms with Gasteiger partial charge in [-0.15, -0.1) is 0 Å². The van der Waals surface area contributed by atoms with E-state index in [4.69, 9.17) is 4.74 Å². The van der Waals surface area contributed by atoms with E-state index in [9.17, 15) is 4.79 Å². The third-order valence-corrected chi connectivity index (χ3v) is 5.63. The van der Waals surface area contributed by atoms with Gasteiger partial charge in [0.2, 0.25) is 0 Å². The monoisotopic (exact) mass is 332 g/mol. The molecule has 128 valence electrons. The number of carbonyl (C=O) groups is 1. The number of ether oxygens (including phenoxy) is 1. The van der Waals surface area contributed by atoms with Crippen LogP contribution in [0.1, 0.15) is 54.2 Å². The fourth-order valence-electron chi connectivity index (χ4n) is 4.26. The minimum Gasteiger partial charge on any atom is -0.469 e. The van der Waals surface area contributed by atoms with Crippen molar-refractivity contribution in [1.82, 2.24) is 0 Å². The maximum atomic E-state index is 12.2. The van der Waals surface area contributed by atoms with Crippen LogP contribution < -0.4 is 0 Å². The molecule has 0 radical (unpaired) electrons. The first kappa shape index (κ1) is 16.1. The molecule has 2 aliphatic rings. The Morgan fingerprint density at radius 1 is 0.920 bits per heavy atom. The summed E-state index contributed by atoms with van der Waals surface area (Å²) in [5, 5.41) is 0. The Balaban J connectivity index is 1.59. The number of methoxy groups -OCH3 is 1. The van der Waals surface area contributed by atoms with Gasteiger partial charge in [0.15, 0.2) is 0 Å². The molecule has 0 unspecified atom stereocenters. The Kier molecular flexibility index (Phi) is 4.44. The quantitative estimate of drug-likeness (QED) is 0.709. The number of hydrogen-bond acceptors (Lipinski definition) is 2. The van der Waals surface area contributed by atoms with Gasteiger partial charge in [0.1, 0.15) is 0 Å². The number of carbonyl (C=O) groups excluding carboxylic acids is 1. The first-order valence-corrected chi connectivity index (χ1v) is 9.22. The molecule has 0 saturated heterocycles. The van der Waals surface area contributed by atoms with Crippen LogP contribution in [0.2, 0.25) is 0 Å². The second-order valence-corrected chi connectivity index (χ2v) is 7.11. The lowest BCUT2D eigenvalue weighted by Crippen LogP contribution is -2.05. The highest BCUT2D eigenvalue weighted by atomic mass is 16.5. The van der Waals surface area contributed by atoms with Gasteiger partial charge < -0.3 is 4.74 Å². The molecule has 2 aromatic carbocycles. The van der Waals surface area contributed by atoms with E-state index in [1.54, 1.807) is 0 Å². The summed E-state index contributed by atoms with van der Waals surface area (Å²) in [4.78, 5) is 12.2. The van der Waals surface area contributed by atoms with Gasteiger partial charge >= 0.3 is 5.97 Å². The van der Waals surface area contributed by atoms with Crippen LogP contribution in [0.3, 0.4) is 0 Å². The first-order chi connectivity index (χ1) is 12.3. The van der Waals surface area contributed by atoms with Gasteiger partial charge in [-0.1, -0.05) is 60.7 Å². The van der Waals surface area contributed by atoms with Crippen LogP contribution in [0.15, 0.2) is 60.7 Å². The van der Waals surface area contributed by atoms with E-state index in [0.717, 1.165) is 0 Å². The average Bonchev–Trinajstić information content (AvgIpc) is 3.44. The minimum atomic E-state index is -0.0991. The fraction of sp³-hybridized carbons (Fsp3) is 0.348. The lowest BCUT2D eigenvalue weighted by atomic mass is 9.92. The van der Waals surface area contributed by atoms with E-state index in [0.29, 0.717) is 0 Å². The van der Waals surface area contributed by atoms with Crippen LogP contribution >= 0.6 is 0 Å². The largest absolute Gasteiger partial charge is 0.469 e. The lowest BCUT2D eigenvalue weighted by Gasteiger charge is -2.13. The van der Waals surface area contributed by atoms with Crippen molar-refractivity contribution in [2.24, 2.45) is 5.92 Å². The van der Waals surface area contributed by atoms with E-state index in [-0.39, 0.29) is 23.7 Å². The van der Waals surface area contributed by atoms with Gasteiger partial charge in [0.25, 0.3) is 0 Å². The number of hydrogen-bond donors (Lipinski definition) is 0. The molecule has 0 aliphatic heterocycles. The van der Waals surface area contributed by atoms with Gasteiger partial charge in [-0.05, 0) is 47.9 Å². The zero-order valence-corrected chi connectivity index (χ0v) is 14.7. The van der Waals surface area contributed by atoms with Gasteiger partial charge in [-0.25, -0.2) is 0 Å². The summed E-state index contributed by atoms with van der Waals surface area (Å²) in [6, 6.07) is 19.2. The maximum Gasteiger partial charge on any atom is 0.309 e. The highest BCUT2D eigenvalue weighted by molar-refractivity contribution is 5.80. The third-order valence-electron chi connectivity index (χ3n) is 5.63. The second kappa shape index (κ2) is 6.87. The molecule has 0 spiro atoms. The van der Waals surface area contributed by atoms with Crippen LogP contribution in [0.25, 0.3) is 5.57 Å². The lowest BCUT2D eigenvalue weighted by molar-refractivity contribution is -0.142. The Morgan fingerprint density at radius 3 is 2.20 bits per heavy atom. The molecule has 1 fully saturated rings. The highest BCUT2D eigenvalue weighted by Crippen LogP contribution is 2.60. The molecule has 2 aliphatic carbocycles. The Bertz CT molecular complexity index is 773. The van der Waals surface area contributed by atoms with Crippen molar-refractivity contribution in [3.8, 4) is 0 Å². The Morgan fingerprint density at radius 2 is 1.60 bits per heavy atom. The Labute approximate surface area is 149 Å². The van der Waals surface area contributed by atoms with E-state index in [1.807, 2.05) is 18.2 Å². The molecule has 2 nitrogen and oxygen atoms in total. The van der Waals surface area contributed by atoms with Gasteiger partial charge in [0, 0.05) is 11.8 Å². The minimum absolute atomic E-state index is 0.0628. The van der Waals surface area contributed by atoms with Crippen molar-refractivity contribution in [3.63, 3.8) is 0 Å². The number of rotatable bonds is 4. The smallest absolute Gasteiger partial charge is 0.309 e. The zero-order valence-electron chi connectivity index (χ0n) is 14.7. The molecule has 3 atom stereocenters. The number of allylic oxidation sites excluding steroid dienone is 2. The van der Waals surface area contributed by atoms with E-state index in [1.165, 1.54) is 55.1 Å². The summed E-state index contributed by atoms with van der Waals surface area (Å²) in [5.74, 6) is 0.294. The molecular formula is C23H24O2. The van der Waals surface area contributed by atoms with Crippen molar-refractivity contribution in [2.45, 2.75) is 37.5 Å². The predicted molar refractivity (Wildman–Crippen MR) is 100 cm³/mol. The van der Waals surface area contributed by atoms with Crippen LogP contribution in [0.5, 0.6) is 0 Å². The summed E-state index contributed by atoms with van der Waals surface area (Å²) in [5.41, 5.74) is 5.26. The van der Waals surface area contributed by atoms with Crippen molar-refractivity contribution < 1.29 is 9.53 Å². The van der Waals surface area contributed by atoms with Crippen LogP contribution in [-0.4, -0.2) is 13.1 Å². The number of benzene rings is 2. The molecule has 4 rings (SSSR count). The maximum absolute atomic E-state index is 12.2. The van der Waals surface area contributed by atoms with Crippen LogP contribution in [0, 0.1) is 5.92 Å². The summed E-state index contributed by atoms with van der Waals surface area (Å²) in [6.07, 6.45) is 7.35. The molecule has 0 aromatic heterocycles. The molecule has 25 heavy (non-hydrogen) atoms. The number of esters is 1. The van der Waals surface area contributed by atoms with Crippen molar-refractivity contribution in [1.29, 1.82) is 0 Å². The van der Waals surface area contributed by atoms with Gasteiger partial charge in [-0.2, -0.15) is 0 Å². The van der Waals surface area contributed by atoms with Gasteiger partial charge in [-0.3, -0.25) is 4.79 Å². The van der Waals surface area contributed by atoms with Crippen molar-refractivity contribution >= 4 is 11.5 Å². The first-order valence-electron chi connectivity index (χ1n) is 9.22. The van der Waals surface area contributed by atoms with Crippen molar-refractivity contribution in [3.05, 3.63) is 77.4 Å².